The van der Waals surface area contributed by atoms with E-state index in [1.54, 1.807) is 23.8 Å². The summed E-state index contributed by atoms with van der Waals surface area (Å²) in [6, 6.07) is 1.90. The minimum absolute atomic E-state index is 0.197. The summed E-state index contributed by atoms with van der Waals surface area (Å²) < 4.78 is 29.2. The van der Waals surface area contributed by atoms with Gasteiger partial charge in [0.15, 0.2) is 5.13 Å². The highest BCUT2D eigenvalue weighted by molar-refractivity contribution is 7.93. The first kappa shape index (κ1) is 16.0. The molecule has 2 heterocycles. The van der Waals surface area contributed by atoms with E-state index in [2.05, 4.69) is 15.0 Å². The van der Waals surface area contributed by atoms with Gasteiger partial charge in [-0.2, -0.15) is 0 Å². The Balaban J connectivity index is 2.30. The number of nitrogens with one attached hydrogen (secondary N) is 2. The normalized spacial score (nSPS) is 12.0. The van der Waals surface area contributed by atoms with Gasteiger partial charge in [0.25, 0.3) is 10.0 Å². The summed E-state index contributed by atoms with van der Waals surface area (Å²) in [5, 5.41) is 5.33. The molecule has 2 N–H and O–H groups in total. The summed E-state index contributed by atoms with van der Waals surface area (Å²) in [6.45, 7) is 7.55. The molecule has 0 bridgehead atoms. The van der Waals surface area contributed by atoms with Gasteiger partial charge in [-0.3, -0.25) is 4.72 Å². The zero-order valence-electron chi connectivity index (χ0n) is 12.3. The van der Waals surface area contributed by atoms with E-state index < -0.39 is 10.0 Å². The lowest BCUT2D eigenvalue weighted by Gasteiger charge is -2.12. The molecule has 2 aromatic rings. The van der Waals surface area contributed by atoms with E-state index >= 15 is 0 Å². The van der Waals surface area contributed by atoms with Gasteiger partial charge in [-0.05, 0) is 26.5 Å². The number of aromatic nitrogens is 2. The third-order valence-corrected chi connectivity index (χ3v) is 5.11. The van der Waals surface area contributed by atoms with Crippen LogP contribution < -0.4 is 10.0 Å². The number of hydrogen-bond donors (Lipinski definition) is 2. The SMILES string of the molecule is CCNCc1cc(S(=O)(=O)Nc2nccs2)cn1C(C)C. The first-order valence-electron chi connectivity index (χ1n) is 6.78. The maximum absolute atomic E-state index is 12.4. The summed E-state index contributed by atoms with van der Waals surface area (Å²) in [6.07, 6.45) is 3.24. The minimum atomic E-state index is -3.59. The van der Waals surface area contributed by atoms with Crippen LogP contribution in [0.3, 0.4) is 0 Å². The fraction of sp³-hybridized carbons (Fsp3) is 0.462. The molecule has 0 radical (unpaired) electrons. The Hall–Kier alpha value is -1.38. The Kier molecular flexibility index (Phi) is 5.02. The van der Waals surface area contributed by atoms with E-state index in [1.807, 2.05) is 25.3 Å². The van der Waals surface area contributed by atoms with Crippen molar-refractivity contribution in [1.29, 1.82) is 0 Å². The van der Waals surface area contributed by atoms with Gasteiger partial charge in [-0.25, -0.2) is 13.4 Å². The Morgan fingerprint density at radius 1 is 1.43 bits per heavy atom. The zero-order valence-corrected chi connectivity index (χ0v) is 14.0. The van der Waals surface area contributed by atoms with Gasteiger partial charge in [-0.15, -0.1) is 11.3 Å². The van der Waals surface area contributed by atoms with E-state index in [9.17, 15) is 8.42 Å². The number of rotatable bonds is 7. The highest BCUT2D eigenvalue weighted by Crippen LogP contribution is 2.22. The molecule has 0 amide bonds. The van der Waals surface area contributed by atoms with Crippen molar-refractivity contribution in [2.45, 2.75) is 38.3 Å². The number of anilines is 1. The Morgan fingerprint density at radius 3 is 2.76 bits per heavy atom. The highest BCUT2D eigenvalue weighted by atomic mass is 32.2. The van der Waals surface area contributed by atoms with Crippen LogP contribution in [0.1, 0.15) is 32.5 Å². The molecule has 21 heavy (non-hydrogen) atoms. The molecule has 2 aromatic heterocycles. The zero-order chi connectivity index (χ0) is 15.5. The summed E-state index contributed by atoms with van der Waals surface area (Å²) in [5.74, 6) is 0. The Labute approximate surface area is 129 Å². The van der Waals surface area contributed by atoms with Crippen LogP contribution in [0.4, 0.5) is 5.13 Å². The van der Waals surface area contributed by atoms with Crippen molar-refractivity contribution in [2.24, 2.45) is 0 Å². The maximum atomic E-state index is 12.4. The Bertz CT molecular complexity index is 675. The molecule has 0 saturated carbocycles. The lowest BCUT2D eigenvalue weighted by atomic mass is 10.3. The van der Waals surface area contributed by atoms with Crippen LogP contribution in [0.2, 0.25) is 0 Å². The second-order valence-electron chi connectivity index (χ2n) is 4.89. The second-order valence-corrected chi connectivity index (χ2v) is 7.47. The van der Waals surface area contributed by atoms with Crippen molar-refractivity contribution < 1.29 is 8.42 Å². The smallest absolute Gasteiger partial charge is 0.265 e. The molecule has 0 aromatic carbocycles. The number of hydrogen-bond acceptors (Lipinski definition) is 5. The van der Waals surface area contributed by atoms with E-state index in [0.29, 0.717) is 11.7 Å². The topological polar surface area (TPSA) is 76.0 Å². The van der Waals surface area contributed by atoms with Crippen molar-refractivity contribution in [3.8, 4) is 0 Å². The fourth-order valence-corrected chi connectivity index (χ4v) is 3.80. The molecular formula is C13H20N4O2S2. The first-order valence-corrected chi connectivity index (χ1v) is 9.14. The molecule has 0 unspecified atom stereocenters. The molecule has 0 fully saturated rings. The van der Waals surface area contributed by atoms with E-state index in [1.165, 1.54) is 11.3 Å². The number of nitrogens with zero attached hydrogens (tertiary/aromatic N) is 2. The van der Waals surface area contributed by atoms with Crippen LogP contribution in [-0.2, 0) is 16.6 Å². The lowest BCUT2D eigenvalue weighted by molar-refractivity contribution is 0.555. The van der Waals surface area contributed by atoms with Crippen LogP contribution in [0.5, 0.6) is 0 Å². The number of thiazole rings is 1. The molecule has 6 nitrogen and oxygen atoms in total. The summed E-state index contributed by atoms with van der Waals surface area (Å²) in [5.41, 5.74) is 0.950. The third-order valence-electron chi connectivity index (χ3n) is 2.98. The van der Waals surface area contributed by atoms with Gasteiger partial charge in [0, 0.05) is 36.1 Å². The maximum Gasteiger partial charge on any atom is 0.265 e. The van der Waals surface area contributed by atoms with Crippen LogP contribution in [0, 0.1) is 0 Å². The molecule has 0 aliphatic rings. The fourth-order valence-electron chi connectivity index (χ4n) is 1.97. The largest absolute Gasteiger partial charge is 0.346 e. The quantitative estimate of drug-likeness (QED) is 0.818. The monoisotopic (exact) mass is 328 g/mol. The molecule has 0 atom stereocenters. The van der Waals surface area contributed by atoms with Crippen LogP contribution in [0.25, 0.3) is 0 Å². The molecule has 8 heteroatoms. The number of sulfonamides is 1. The summed E-state index contributed by atoms with van der Waals surface area (Å²) in [7, 11) is -3.59. The van der Waals surface area contributed by atoms with Crippen molar-refractivity contribution in [1.82, 2.24) is 14.9 Å². The third kappa shape index (κ3) is 3.84. The first-order chi connectivity index (χ1) is 9.94. The van der Waals surface area contributed by atoms with Crippen molar-refractivity contribution in [3.05, 3.63) is 29.5 Å². The highest BCUT2D eigenvalue weighted by Gasteiger charge is 2.20. The summed E-state index contributed by atoms with van der Waals surface area (Å²) in [4.78, 5) is 4.21. The van der Waals surface area contributed by atoms with Crippen LogP contribution in [-0.4, -0.2) is 24.5 Å². The van der Waals surface area contributed by atoms with Gasteiger partial charge in [0.1, 0.15) is 4.90 Å². The molecular weight excluding hydrogens is 308 g/mol. The molecule has 116 valence electrons. The molecule has 0 spiro atoms. The molecule has 0 saturated heterocycles. The predicted molar refractivity (Wildman–Crippen MR) is 85.1 cm³/mol. The molecule has 0 aliphatic carbocycles. The van der Waals surface area contributed by atoms with Crippen molar-refractivity contribution in [3.63, 3.8) is 0 Å². The average molecular weight is 328 g/mol. The minimum Gasteiger partial charge on any atom is -0.346 e. The standard InChI is InChI=1S/C13H20N4O2S2/c1-4-14-8-11-7-12(9-17(11)10(2)3)21(18,19)16-13-15-5-6-20-13/h5-7,9-10,14H,4,8H2,1-3H3,(H,15,16). The summed E-state index contributed by atoms with van der Waals surface area (Å²) >= 11 is 1.26. The molecule has 0 aliphatic heterocycles. The van der Waals surface area contributed by atoms with E-state index in [-0.39, 0.29) is 10.9 Å². The van der Waals surface area contributed by atoms with Gasteiger partial charge in [-0.1, -0.05) is 6.92 Å². The van der Waals surface area contributed by atoms with Crippen LogP contribution >= 0.6 is 11.3 Å². The molecule has 2 rings (SSSR count). The van der Waals surface area contributed by atoms with E-state index in [4.69, 9.17) is 0 Å². The predicted octanol–water partition coefficient (Wildman–Crippen LogP) is 2.44. The van der Waals surface area contributed by atoms with Crippen molar-refractivity contribution in [2.75, 3.05) is 11.3 Å². The lowest BCUT2D eigenvalue weighted by Crippen LogP contribution is -2.15. The van der Waals surface area contributed by atoms with Gasteiger partial charge < -0.3 is 9.88 Å². The second kappa shape index (κ2) is 6.59. The van der Waals surface area contributed by atoms with Gasteiger partial charge >= 0.3 is 0 Å². The Morgan fingerprint density at radius 2 is 2.19 bits per heavy atom. The van der Waals surface area contributed by atoms with E-state index in [0.717, 1.165) is 12.2 Å². The van der Waals surface area contributed by atoms with Gasteiger partial charge in [0.05, 0.1) is 0 Å². The average Bonchev–Trinajstić information content (AvgIpc) is 3.04. The van der Waals surface area contributed by atoms with Crippen molar-refractivity contribution >= 4 is 26.5 Å². The van der Waals surface area contributed by atoms with Gasteiger partial charge in [0.2, 0.25) is 0 Å². The van der Waals surface area contributed by atoms with Crippen LogP contribution in [0.15, 0.2) is 28.7 Å².